The molecule has 0 aliphatic heterocycles. The molecule has 0 radical (unpaired) electrons. The Morgan fingerprint density at radius 2 is 1.89 bits per heavy atom. The zero-order valence-corrected chi connectivity index (χ0v) is 15.9. The highest BCUT2D eigenvalue weighted by atomic mass is 32.2. The molecule has 1 aliphatic carbocycles. The van der Waals surface area contributed by atoms with E-state index >= 15 is 0 Å². The summed E-state index contributed by atoms with van der Waals surface area (Å²) in [5.41, 5.74) is 0.960. The number of rotatable bonds is 7. The third-order valence-electron chi connectivity index (χ3n) is 4.46. The molecule has 2 aromatic carbocycles. The van der Waals surface area contributed by atoms with Crippen LogP contribution in [0, 0.1) is 5.82 Å². The van der Waals surface area contributed by atoms with Gasteiger partial charge in [-0.3, -0.25) is 9.63 Å². The monoisotopic (exact) mass is 392 g/mol. The fraction of sp³-hybridized carbons (Fsp3) is 0.316. The molecule has 0 saturated heterocycles. The van der Waals surface area contributed by atoms with Crippen LogP contribution < -0.4 is 0 Å². The van der Waals surface area contributed by atoms with Gasteiger partial charge in [0, 0.05) is 25.2 Å². The van der Waals surface area contributed by atoms with E-state index in [4.69, 9.17) is 4.84 Å². The minimum Gasteiger partial charge on any atom is -0.331 e. The molecule has 6 nitrogen and oxygen atoms in total. The van der Waals surface area contributed by atoms with Crippen molar-refractivity contribution >= 4 is 15.9 Å². The van der Waals surface area contributed by atoms with Gasteiger partial charge in [0.15, 0.2) is 0 Å². The molecular formula is C19H21FN2O4S. The largest absolute Gasteiger partial charge is 0.331 e. The first-order valence-electron chi connectivity index (χ1n) is 8.51. The molecule has 0 bridgehead atoms. The van der Waals surface area contributed by atoms with E-state index < -0.39 is 10.0 Å². The molecule has 1 fully saturated rings. The van der Waals surface area contributed by atoms with Gasteiger partial charge in [0.2, 0.25) is 0 Å². The normalized spacial score (nSPS) is 14.4. The predicted molar refractivity (Wildman–Crippen MR) is 97.7 cm³/mol. The van der Waals surface area contributed by atoms with Crippen LogP contribution in [-0.4, -0.2) is 43.9 Å². The second kappa shape index (κ2) is 7.75. The van der Waals surface area contributed by atoms with Crippen LogP contribution in [0.5, 0.6) is 0 Å². The van der Waals surface area contributed by atoms with E-state index in [9.17, 15) is 17.6 Å². The van der Waals surface area contributed by atoms with Crippen molar-refractivity contribution in [1.82, 2.24) is 9.37 Å². The Bertz CT molecular complexity index is 944. The number of halogens is 1. The van der Waals surface area contributed by atoms with Crippen molar-refractivity contribution < 1.29 is 22.4 Å². The van der Waals surface area contributed by atoms with Gasteiger partial charge in [0.25, 0.3) is 15.9 Å². The van der Waals surface area contributed by atoms with Gasteiger partial charge >= 0.3 is 0 Å². The van der Waals surface area contributed by atoms with Crippen LogP contribution in [-0.2, 0) is 21.4 Å². The van der Waals surface area contributed by atoms with Crippen LogP contribution in [0.4, 0.5) is 4.39 Å². The molecule has 0 aromatic heterocycles. The predicted octanol–water partition coefficient (Wildman–Crippen LogP) is 2.81. The van der Waals surface area contributed by atoms with Gasteiger partial charge in [-0.15, -0.1) is 0 Å². The van der Waals surface area contributed by atoms with Crippen molar-refractivity contribution in [3.8, 4) is 0 Å². The summed E-state index contributed by atoms with van der Waals surface area (Å²) in [7, 11) is -1.32. The topological polar surface area (TPSA) is 66.9 Å². The molecular weight excluding hydrogens is 371 g/mol. The summed E-state index contributed by atoms with van der Waals surface area (Å²) in [6.07, 6.45) is 1.76. The van der Waals surface area contributed by atoms with E-state index in [0.717, 1.165) is 17.3 Å². The van der Waals surface area contributed by atoms with Gasteiger partial charge in [-0.25, -0.2) is 12.8 Å². The maximum Gasteiger partial charge on any atom is 0.264 e. The highest BCUT2D eigenvalue weighted by Crippen LogP contribution is 2.30. The number of amides is 1. The fourth-order valence-electron chi connectivity index (χ4n) is 2.79. The Morgan fingerprint density at radius 3 is 2.52 bits per heavy atom. The summed E-state index contributed by atoms with van der Waals surface area (Å²) in [5.74, 6) is -0.634. The van der Waals surface area contributed by atoms with Crippen molar-refractivity contribution in [1.29, 1.82) is 0 Å². The van der Waals surface area contributed by atoms with E-state index in [1.165, 1.54) is 44.5 Å². The lowest BCUT2D eigenvalue weighted by atomic mass is 10.1. The van der Waals surface area contributed by atoms with Crippen molar-refractivity contribution in [3.63, 3.8) is 0 Å². The summed E-state index contributed by atoms with van der Waals surface area (Å²) in [5, 5.41) is 0. The van der Waals surface area contributed by atoms with Crippen molar-refractivity contribution in [2.75, 3.05) is 14.2 Å². The Balaban J connectivity index is 1.88. The molecule has 3 rings (SSSR count). The SMILES string of the molecule is CON(C)S(=O)(=O)c1cccc(C(=O)N(Cc2cccc(F)c2)C2CC2)c1. The van der Waals surface area contributed by atoms with Crippen molar-refractivity contribution in [3.05, 3.63) is 65.5 Å². The molecule has 8 heteroatoms. The van der Waals surface area contributed by atoms with Crippen LogP contribution in [0.25, 0.3) is 0 Å². The van der Waals surface area contributed by atoms with Gasteiger partial charge < -0.3 is 4.90 Å². The number of nitrogens with zero attached hydrogens (tertiary/aromatic N) is 2. The number of carbonyl (C=O) groups is 1. The Morgan fingerprint density at radius 1 is 1.19 bits per heavy atom. The number of carbonyl (C=O) groups excluding carboxylic acids is 1. The molecule has 27 heavy (non-hydrogen) atoms. The van der Waals surface area contributed by atoms with Crippen molar-refractivity contribution in [2.24, 2.45) is 0 Å². The summed E-state index contributed by atoms with van der Waals surface area (Å²) in [4.78, 5) is 19.4. The van der Waals surface area contributed by atoms with E-state index in [1.807, 2.05) is 0 Å². The Kier molecular flexibility index (Phi) is 5.59. The first kappa shape index (κ1) is 19.5. The maximum absolute atomic E-state index is 13.5. The number of hydrogen-bond acceptors (Lipinski definition) is 4. The van der Waals surface area contributed by atoms with Crippen LogP contribution in [0.15, 0.2) is 53.4 Å². The quantitative estimate of drug-likeness (QED) is 0.680. The number of hydroxylamine groups is 1. The summed E-state index contributed by atoms with van der Waals surface area (Å²) in [6.45, 7) is 0.274. The summed E-state index contributed by atoms with van der Waals surface area (Å²) in [6, 6.07) is 12.1. The summed E-state index contributed by atoms with van der Waals surface area (Å²) >= 11 is 0. The molecule has 0 N–H and O–H groups in total. The minimum atomic E-state index is -3.85. The van der Waals surface area contributed by atoms with Crippen molar-refractivity contribution in [2.45, 2.75) is 30.3 Å². The molecule has 0 spiro atoms. The lowest BCUT2D eigenvalue weighted by molar-refractivity contribution is -0.0258. The van der Waals surface area contributed by atoms with Crippen LogP contribution >= 0.6 is 0 Å². The van der Waals surface area contributed by atoms with Gasteiger partial charge in [-0.1, -0.05) is 22.7 Å². The molecule has 144 valence electrons. The smallest absolute Gasteiger partial charge is 0.264 e. The van der Waals surface area contributed by atoms with E-state index in [2.05, 4.69) is 0 Å². The third-order valence-corrected chi connectivity index (χ3v) is 6.14. The van der Waals surface area contributed by atoms with E-state index in [0.29, 0.717) is 5.56 Å². The second-order valence-corrected chi connectivity index (χ2v) is 8.36. The van der Waals surface area contributed by atoms with Gasteiger partial charge in [0.1, 0.15) is 5.82 Å². The Labute approximate surface area is 158 Å². The highest BCUT2D eigenvalue weighted by molar-refractivity contribution is 7.89. The minimum absolute atomic E-state index is 0.0285. The molecule has 1 aliphatic rings. The molecule has 2 aromatic rings. The van der Waals surface area contributed by atoms with E-state index in [-0.39, 0.29) is 34.8 Å². The number of sulfonamides is 1. The molecule has 1 saturated carbocycles. The highest BCUT2D eigenvalue weighted by Gasteiger charge is 2.33. The van der Waals surface area contributed by atoms with Gasteiger partial charge in [0.05, 0.1) is 12.0 Å². The second-order valence-electron chi connectivity index (χ2n) is 6.42. The first-order valence-corrected chi connectivity index (χ1v) is 9.95. The van der Waals surface area contributed by atoms with E-state index in [1.54, 1.807) is 23.1 Å². The van der Waals surface area contributed by atoms with Crippen LogP contribution in [0.1, 0.15) is 28.8 Å². The maximum atomic E-state index is 13.5. The zero-order chi connectivity index (χ0) is 19.6. The standard InChI is InChI=1S/C19H21FN2O4S/c1-21(26-2)27(24,25)18-8-4-6-15(12-18)19(23)22(17-9-10-17)13-14-5-3-7-16(20)11-14/h3-8,11-12,17H,9-10,13H2,1-2H3. The van der Waals surface area contributed by atoms with Crippen LogP contribution in [0.2, 0.25) is 0 Å². The molecule has 0 atom stereocenters. The van der Waals surface area contributed by atoms with Gasteiger partial charge in [-0.2, -0.15) is 0 Å². The average Bonchev–Trinajstić information content (AvgIpc) is 3.50. The molecule has 0 heterocycles. The summed E-state index contributed by atoms with van der Waals surface area (Å²) < 4.78 is 39.0. The average molecular weight is 392 g/mol. The fourth-order valence-corrected chi connectivity index (χ4v) is 3.81. The first-order chi connectivity index (χ1) is 12.8. The van der Waals surface area contributed by atoms with Gasteiger partial charge in [-0.05, 0) is 48.7 Å². The zero-order valence-electron chi connectivity index (χ0n) is 15.1. The Hall–Kier alpha value is -2.29. The lowest BCUT2D eigenvalue weighted by Gasteiger charge is -2.23. The molecule has 1 amide bonds. The number of benzene rings is 2. The molecule has 0 unspecified atom stereocenters. The number of hydrogen-bond donors (Lipinski definition) is 0. The van der Waals surface area contributed by atoms with Crippen LogP contribution in [0.3, 0.4) is 0 Å². The third kappa shape index (κ3) is 4.35. The lowest BCUT2D eigenvalue weighted by Crippen LogP contribution is -2.33.